The second-order valence-corrected chi connectivity index (χ2v) is 3.67. The summed E-state index contributed by atoms with van der Waals surface area (Å²) in [6.07, 6.45) is 7.76. The third-order valence-corrected chi connectivity index (χ3v) is 2.70. The molecule has 0 saturated heterocycles. The van der Waals surface area contributed by atoms with Crippen molar-refractivity contribution in [2.45, 2.75) is 20.3 Å². The first-order valence-electron chi connectivity index (χ1n) is 5.61. The molecule has 1 heteroatoms. The third kappa shape index (κ3) is 1.82. The minimum absolute atomic E-state index is 1.02. The SMILES string of the molecule is CCC=C1C=Cc2ccccc2N1CC. The number of para-hydroxylation sites is 1. The molecule has 0 aliphatic carbocycles. The lowest BCUT2D eigenvalue weighted by molar-refractivity contribution is 0.959. The standard InChI is InChI=1S/C14H17N/c1-3-7-13-11-10-12-8-5-6-9-14(12)15(13)4-2/h5-11H,3-4H2,1-2H3. The van der Waals surface area contributed by atoms with Gasteiger partial charge in [-0.2, -0.15) is 0 Å². The highest BCUT2D eigenvalue weighted by molar-refractivity contribution is 5.76. The number of allylic oxidation sites excluding steroid dienone is 2. The molecule has 1 aromatic rings. The summed E-state index contributed by atoms with van der Waals surface area (Å²) in [5, 5.41) is 0. The van der Waals surface area contributed by atoms with Crippen molar-refractivity contribution >= 4 is 11.8 Å². The van der Waals surface area contributed by atoms with E-state index in [0.29, 0.717) is 0 Å². The van der Waals surface area contributed by atoms with Crippen LogP contribution in [0.2, 0.25) is 0 Å². The number of hydrogen-bond acceptors (Lipinski definition) is 1. The Morgan fingerprint density at radius 1 is 1.13 bits per heavy atom. The summed E-state index contributed by atoms with van der Waals surface area (Å²) >= 11 is 0. The zero-order valence-electron chi connectivity index (χ0n) is 9.40. The van der Waals surface area contributed by atoms with E-state index in [-0.39, 0.29) is 0 Å². The van der Waals surface area contributed by atoms with Crippen molar-refractivity contribution in [3.8, 4) is 0 Å². The molecule has 0 aromatic heterocycles. The van der Waals surface area contributed by atoms with Crippen LogP contribution in [0.1, 0.15) is 25.8 Å². The van der Waals surface area contributed by atoms with Crippen molar-refractivity contribution in [2.24, 2.45) is 0 Å². The summed E-state index contributed by atoms with van der Waals surface area (Å²) in [5.74, 6) is 0. The molecular formula is C14H17N. The van der Waals surface area contributed by atoms with Crippen LogP contribution < -0.4 is 4.90 Å². The summed E-state index contributed by atoms with van der Waals surface area (Å²) in [5.41, 5.74) is 3.95. The van der Waals surface area contributed by atoms with Crippen LogP contribution in [0, 0.1) is 0 Å². The first-order chi connectivity index (χ1) is 7.36. The van der Waals surface area contributed by atoms with Crippen LogP contribution in [-0.2, 0) is 0 Å². The van der Waals surface area contributed by atoms with Crippen LogP contribution in [0.4, 0.5) is 5.69 Å². The van der Waals surface area contributed by atoms with E-state index in [1.165, 1.54) is 16.9 Å². The van der Waals surface area contributed by atoms with Crippen molar-refractivity contribution in [1.82, 2.24) is 0 Å². The van der Waals surface area contributed by atoms with Gasteiger partial charge in [0.15, 0.2) is 0 Å². The van der Waals surface area contributed by atoms with E-state index in [1.54, 1.807) is 0 Å². The molecule has 1 heterocycles. The summed E-state index contributed by atoms with van der Waals surface area (Å²) in [7, 11) is 0. The number of nitrogens with zero attached hydrogens (tertiary/aromatic N) is 1. The fraction of sp³-hybridized carbons (Fsp3) is 0.286. The van der Waals surface area contributed by atoms with Gasteiger partial charge in [0, 0.05) is 17.9 Å². The van der Waals surface area contributed by atoms with Crippen molar-refractivity contribution < 1.29 is 0 Å². The molecule has 0 fully saturated rings. The fourth-order valence-electron chi connectivity index (χ4n) is 2.02. The molecule has 0 amide bonds. The van der Waals surface area contributed by atoms with Crippen LogP contribution in [0.25, 0.3) is 6.08 Å². The molecule has 0 saturated carbocycles. The van der Waals surface area contributed by atoms with Gasteiger partial charge in [-0.05, 0) is 31.1 Å². The maximum absolute atomic E-state index is 2.36. The summed E-state index contributed by atoms with van der Waals surface area (Å²) < 4.78 is 0. The number of rotatable bonds is 2. The van der Waals surface area contributed by atoms with Crippen molar-refractivity contribution in [3.05, 3.63) is 47.7 Å². The van der Waals surface area contributed by atoms with Gasteiger partial charge in [-0.1, -0.05) is 37.3 Å². The van der Waals surface area contributed by atoms with E-state index in [9.17, 15) is 0 Å². The predicted octanol–water partition coefficient (Wildman–Crippen LogP) is 3.83. The van der Waals surface area contributed by atoms with E-state index in [2.05, 4.69) is 61.2 Å². The lowest BCUT2D eigenvalue weighted by Gasteiger charge is -2.29. The average Bonchev–Trinajstić information content (AvgIpc) is 2.29. The van der Waals surface area contributed by atoms with Crippen LogP contribution >= 0.6 is 0 Å². The van der Waals surface area contributed by atoms with E-state index in [4.69, 9.17) is 0 Å². The van der Waals surface area contributed by atoms with Gasteiger partial charge < -0.3 is 4.90 Å². The molecular weight excluding hydrogens is 182 g/mol. The molecule has 0 bridgehead atoms. The normalized spacial score (nSPS) is 16.9. The maximum Gasteiger partial charge on any atom is 0.0484 e. The molecule has 78 valence electrons. The summed E-state index contributed by atoms with van der Waals surface area (Å²) in [6.45, 7) is 5.39. The highest BCUT2D eigenvalue weighted by atomic mass is 15.1. The number of likely N-dealkylation sites (N-methyl/N-ethyl adjacent to an activating group) is 1. The van der Waals surface area contributed by atoms with E-state index in [1.807, 2.05) is 0 Å². The van der Waals surface area contributed by atoms with E-state index in [0.717, 1.165) is 13.0 Å². The van der Waals surface area contributed by atoms with Crippen LogP contribution in [0.3, 0.4) is 0 Å². The largest absolute Gasteiger partial charge is 0.342 e. The first kappa shape index (κ1) is 10.0. The lowest BCUT2D eigenvalue weighted by atomic mass is 10.1. The molecule has 0 atom stereocenters. The van der Waals surface area contributed by atoms with Crippen LogP contribution in [-0.4, -0.2) is 6.54 Å². The fourth-order valence-corrected chi connectivity index (χ4v) is 2.02. The molecule has 0 unspecified atom stereocenters. The molecule has 1 aromatic carbocycles. The molecule has 0 spiro atoms. The number of fused-ring (bicyclic) bond motifs is 1. The smallest absolute Gasteiger partial charge is 0.0484 e. The molecule has 1 aliphatic rings. The van der Waals surface area contributed by atoms with Gasteiger partial charge in [-0.25, -0.2) is 0 Å². The van der Waals surface area contributed by atoms with Gasteiger partial charge in [0.1, 0.15) is 0 Å². The minimum Gasteiger partial charge on any atom is -0.342 e. The Morgan fingerprint density at radius 3 is 2.67 bits per heavy atom. The molecule has 0 N–H and O–H groups in total. The molecule has 1 nitrogen and oxygen atoms in total. The zero-order valence-corrected chi connectivity index (χ0v) is 9.40. The van der Waals surface area contributed by atoms with Gasteiger partial charge in [0.25, 0.3) is 0 Å². The minimum atomic E-state index is 1.02. The monoisotopic (exact) mass is 199 g/mol. The lowest BCUT2D eigenvalue weighted by Crippen LogP contribution is -2.23. The maximum atomic E-state index is 2.36. The van der Waals surface area contributed by atoms with Gasteiger partial charge >= 0.3 is 0 Å². The second kappa shape index (κ2) is 4.35. The topological polar surface area (TPSA) is 3.24 Å². The highest BCUT2D eigenvalue weighted by Gasteiger charge is 2.14. The Morgan fingerprint density at radius 2 is 1.93 bits per heavy atom. The quantitative estimate of drug-likeness (QED) is 0.699. The molecule has 2 rings (SSSR count). The number of benzene rings is 1. The van der Waals surface area contributed by atoms with Gasteiger partial charge in [-0.15, -0.1) is 0 Å². The van der Waals surface area contributed by atoms with Gasteiger partial charge in [0.2, 0.25) is 0 Å². The Balaban J connectivity index is 2.46. The highest BCUT2D eigenvalue weighted by Crippen LogP contribution is 2.30. The van der Waals surface area contributed by atoms with Crippen LogP contribution in [0.5, 0.6) is 0 Å². The summed E-state index contributed by atoms with van der Waals surface area (Å²) in [4.78, 5) is 2.36. The number of anilines is 1. The van der Waals surface area contributed by atoms with Crippen molar-refractivity contribution in [1.29, 1.82) is 0 Å². The van der Waals surface area contributed by atoms with Crippen molar-refractivity contribution in [2.75, 3.05) is 11.4 Å². The first-order valence-corrected chi connectivity index (χ1v) is 5.61. The Kier molecular flexibility index (Phi) is 2.91. The van der Waals surface area contributed by atoms with Crippen molar-refractivity contribution in [3.63, 3.8) is 0 Å². The zero-order chi connectivity index (χ0) is 10.7. The number of hydrogen-bond donors (Lipinski definition) is 0. The third-order valence-electron chi connectivity index (χ3n) is 2.70. The van der Waals surface area contributed by atoms with E-state index >= 15 is 0 Å². The van der Waals surface area contributed by atoms with E-state index < -0.39 is 0 Å². The molecule has 1 aliphatic heterocycles. The molecule has 0 radical (unpaired) electrons. The Bertz CT molecular complexity index is 402. The predicted molar refractivity (Wildman–Crippen MR) is 66.9 cm³/mol. The summed E-state index contributed by atoms with van der Waals surface area (Å²) in [6, 6.07) is 8.54. The van der Waals surface area contributed by atoms with Gasteiger partial charge in [0.05, 0.1) is 0 Å². The average molecular weight is 199 g/mol. The Labute approximate surface area is 91.7 Å². The van der Waals surface area contributed by atoms with Crippen LogP contribution in [0.15, 0.2) is 42.1 Å². The van der Waals surface area contributed by atoms with Gasteiger partial charge in [-0.3, -0.25) is 0 Å². The Hall–Kier alpha value is -1.50. The second-order valence-electron chi connectivity index (χ2n) is 3.67. The molecule has 15 heavy (non-hydrogen) atoms.